The number of carbonyl (C=O) groups is 1. The first-order valence-electron chi connectivity index (χ1n) is 14.1. The van der Waals surface area contributed by atoms with E-state index in [-0.39, 0.29) is 23.7 Å². The molecule has 2 aliphatic rings. The second-order valence-electron chi connectivity index (χ2n) is 11.4. The Labute approximate surface area is 224 Å². The van der Waals surface area contributed by atoms with Gasteiger partial charge in [-0.25, -0.2) is 13.1 Å². The summed E-state index contributed by atoms with van der Waals surface area (Å²) in [6.07, 6.45) is 9.23. The zero-order valence-corrected chi connectivity index (χ0v) is 24.5. The standard InChI is InChI=1S/C30H47NO5S/c1-7-10-12-22(9-3)20-31-37(33,34)21-30(5)26-17-18-29(30,4)28(32)25(26)19-23-13-15-24(16-14-23)36-27(35-6)11-8-2/h13-16,19,22,26-27,31H,7-12,17-18,20-21H2,1-6H3/b25-19+. The Kier molecular flexibility index (Phi) is 10.0. The minimum Gasteiger partial charge on any atom is -0.465 e. The Morgan fingerprint density at radius 2 is 1.81 bits per heavy atom. The molecule has 37 heavy (non-hydrogen) atoms. The lowest BCUT2D eigenvalue weighted by molar-refractivity contribution is -0.125. The summed E-state index contributed by atoms with van der Waals surface area (Å²) >= 11 is 0. The second kappa shape index (κ2) is 12.4. The SMILES string of the molecule is CCCCC(CC)CNS(=O)(=O)CC1(C)C2CCC1(C)C(=O)/C2=C/c1ccc(OC(CCC)OC)cc1. The summed E-state index contributed by atoms with van der Waals surface area (Å²) in [7, 11) is -1.88. The van der Waals surface area contributed by atoms with Crippen molar-refractivity contribution in [3.05, 3.63) is 35.4 Å². The maximum atomic E-state index is 13.6. The topological polar surface area (TPSA) is 81.7 Å². The molecular weight excluding hydrogens is 486 g/mol. The van der Waals surface area contributed by atoms with Crippen LogP contribution in [0.3, 0.4) is 0 Å². The van der Waals surface area contributed by atoms with Crippen LogP contribution in [0.4, 0.5) is 0 Å². The summed E-state index contributed by atoms with van der Waals surface area (Å²) in [5, 5.41) is 0. The van der Waals surface area contributed by atoms with Crippen LogP contribution in [-0.4, -0.2) is 39.9 Å². The van der Waals surface area contributed by atoms with Gasteiger partial charge in [0.05, 0.1) is 5.75 Å². The third-order valence-corrected chi connectivity index (χ3v) is 10.6. The Balaban J connectivity index is 1.76. The minimum absolute atomic E-state index is 0.0168. The minimum atomic E-state index is -3.52. The number of hydrogen-bond donors (Lipinski definition) is 1. The largest absolute Gasteiger partial charge is 0.465 e. The van der Waals surface area contributed by atoms with Gasteiger partial charge in [-0.3, -0.25) is 4.79 Å². The van der Waals surface area contributed by atoms with Gasteiger partial charge in [-0.15, -0.1) is 0 Å². The number of nitrogens with one attached hydrogen (secondary N) is 1. The molecule has 208 valence electrons. The van der Waals surface area contributed by atoms with Crippen molar-refractivity contribution in [1.82, 2.24) is 4.72 Å². The molecule has 2 fully saturated rings. The first-order chi connectivity index (χ1) is 17.5. The van der Waals surface area contributed by atoms with Gasteiger partial charge < -0.3 is 9.47 Å². The number of benzene rings is 1. The van der Waals surface area contributed by atoms with Crippen molar-refractivity contribution in [3.63, 3.8) is 0 Å². The highest BCUT2D eigenvalue weighted by atomic mass is 32.2. The number of sulfonamides is 1. The molecular formula is C30H47NO5S. The number of ketones is 1. The van der Waals surface area contributed by atoms with E-state index in [1.54, 1.807) is 7.11 Å². The van der Waals surface area contributed by atoms with Crippen molar-refractivity contribution in [1.29, 1.82) is 0 Å². The van der Waals surface area contributed by atoms with Crippen molar-refractivity contribution in [2.75, 3.05) is 19.4 Å². The number of methoxy groups -OCH3 is 1. The summed E-state index contributed by atoms with van der Waals surface area (Å²) in [5.41, 5.74) is 0.387. The summed E-state index contributed by atoms with van der Waals surface area (Å²) in [4.78, 5) is 13.6. The normalized spacial score (nSPS) is 28.1. The fourth-order valence-electron chi connectivity index (χ4n) is 6.26. The van der Waals surface area contributed by atoms with Crippen LogP contribution in [0.5, 0.6) is 5.75 Å². The fourth-order valence-corrected chi connectivity index (χ4v) is 8.17. The molecule has 0 aliphatic heterocycles. The van der Waals surface area contributed by atoms with Gasteiger partial charge in [0.1, 0.15) is 5.75 Å². The van der Waals surface area contributed by atoms with Crippen LogP contribution in [0.15, 0.2) is 29.8 Å². The van der Waals surface area contributed by atoms with Crippen molar-refractivity contribution >= 4 is 21.9 Å². The molecule has 1 N–H and O–H groups in total. The Bertz CT molecular complexity index is 1050. The Morgan fingerprint density at radius 1 is 1.11 bits per heavy atom. The van der Waals surface area contributed by atoms with E-state index >= 15 is 0 Å². The third-order valence-electron chi connectivity index (χ3n) is 8.98. The van der Waals surface area contributed by atoms with Crippen LogP contribution in [0.25, 0.3) is 6.08 Å². The van der Waals surface area contributed by atoms with Gasteiger partial charge in [-0.05, 0) is 54.9 Å². The number of rotatable bonds is 15. The van der Waals surface area contributed by atoms with Crippen molar-refractivity contribution in [2.45, 2.75) is 92.3 Å². The molecule has 0 spiro atoms. The molecule has 3 rings (SSSR count). The molecule has 2 aliphatic carbocycles. The predicted molar refractivity (Wildman–Crippen MR) is 150 cm³/mol. The Morgan fingerprint density at radius 3 is 2.41 bits per heavy atom. The van der Waals surface area contributed by atoms with E-state index < -0.39 is 20.9 Å². The van der Waals surface area contributed by atoms with Gasteiger partial charge in [0.25, 0.3) is 0 Å². The van der Waals surface area contributed by atoms with Crippen molar-refractivity contribution in [3.8, 4) is 5.75 Å². The fraction of sp³-hybridized carbons (Fsp3) is 0.700. The number of fused-ring (bicyclic) bond motifs is 2. The number of Topliss-reactive ketones (excluding diaryl/α,β-unsaturated/α-hetero) is 1. The van der Waals surface area contributed by atoms with Crippen molar-refractivity contribution < 1.29 is 22.7 Å². The maximum Gasteiger partial charge on any atom is 0.212 e. The smallest absolute Gasteiger partial charge is 0.212 e. The van der Waals surface area contributed by atoms with Crippen LogP contribution in [-0.2, 0) is 19.6 Å². The van der Waals surface area contributed by atoms with E-state index in [4.69, 9.17) is 9.47 Å². The summed E-state index contributed by atoms with van der Waals surface area (Å²) in [6.45, 7) is 10.8. The summed E-state index contributed by atoms with van der Waals surface area (Å²) in [6, 6.07) is 7.67. The number of carbonyl (C=O) groups excluding carboxylic acids is 1. The average Bonchev–Trinajstić information content (AvgIpc) is 3.19. The van der Waals surface area contributed by atoms with Gasteiger partial charge in [0.15, 0.2) is 12.1 Å². The molecule has 0 amide bonds. The van der Waals surface area contributed by atoms with Crippen LogP contribution in [0, 0.1) is 22.7 Å². The van der Waals surface area contributed by atoms with Crippen LogP contribution in [0.2, 0.25) is 0 Å². The lowest BCUT2D eigenvalue weighted by Crippen LogP contribution is -2.44. The van der Waals surface area contributed by atoms with E-state index in [0.29, 0.717) is 12.5 Å². The maximum absolute atomic E-state index is 13.6. The molecule has 2 saturated carbocycles. The second-order valence-corrected chi connectivity index (χ2v) is 13.2. The summed E-state index contributed by atoms with van der Waals surface area (Å²) < 4.78 is 40.7. The lowest BCUT2D eigenvalue weighted by atomic mass is 9.70. The molecule has 1 aromatic carbocycles. The first-order valence-corrected chi connectivity index (χ1v) is 15.7. The van der Waals surface area contributed by atoms with E-state index in [9.17, 15) is 13.2 Å². The number of hydrogen-bond acceptors (Lipinski definition) is 5. The monoisotopic (exact) mass is 533 g/mol. The van der Waals surface area contributed by atoms with Crippen LogP contribution >= 0.6 is 0 Å². The van der Waals surface area contributed by atoms with E-state index in [2.05, 4.69) is 25.5 Å². The van der Waals surface area contributed by atoms with Gasteiger partial charge in [-0.1, -0.05) is 72.4 Å². The third kappa shape index (κ3) is 6.48. The van der Waals surface area contributed by atoms with Gasteiger partial charge in [0.2, 0.25) is 10.0 Å². The number of ether oxygens (including phenoxy) is 2. The first kappa shape index (κ1) is 29.9. The highest BCUT2D eigenvalue weighted by molar-refractivity contribution is 7.89. The van der Waals surface area contributed by atoms with E-state index in [1.807, 2.05) is 44.2 Å². The molecule has 7 heteroatoms. The van der Waals surface area contributed by atoms with Gasteiger partial charge in [0, 0.05) is 36.5 Å². The molecule has 5 atom stereocenters. The highest BCUT2D eigenvalue weighted by Gasteiger charge is 2.67. The molecule has 2 bridgehead atoms. The van der Waals surface area contributed by atoms with Crippen LogP contribution in [0.1, 0.15) is 91.5 Å². The average molecular weight is 534 g/mol. The lowest BCUT2D eigenvalue weighted by Gasteiger charge is -2.35. The molecule has 5 unspecified atom stereocenters. The molecule has 1 aromatic rings. The van der Waals surface area contributed by atoms with Gasteiger partial charge >= 0.3 is 0 Å². The van der Waals surface area contributed by atoms with E-state index in [0.717, 1.165) is 68.3 Å². The molecule has 0 radical (unpaired) electrons. The zero-order chi connectivity index (χ0) is 27.3. The predicted octanol–water partition coefficient (Wildman–Crippen LogP) is 6.36. The van der Waals surface area contributed by atoms with E-state index in [1.165, 1.54) is 0 Å². The van der Waals surface area contributed by atoms with Crippen molar-refractivity contribution in [2.24, 2.45) is 22.7 Å². The molecule has 0 heterocycles. The number of unbranched alkanes of at least 4 members (excludes halogenated alkanes) is 1. The molecule has 0 aromatic heterocycles. The van der Waals surface area contributed by atoms with Crippen LogP contribution < -0.4 is 9.46 Å². The quantitative estimate of drug-likeness (QED) is 0.209. The zero-order valence-electron chi connectivity index (χ0n) is 23.6. The summed E-state index contributed by atoms with van der Waals surface area (Å²) in [5.74, 6) is 1.08. The highest BCUT2D eigenvalue weighted by Crippen LogP contribution is 2.66. The molecule has 6 nitrogen and oxygen atoms in total. The molecule has 0 saturated heterocycles. The van der Waals surface area contributed by atoms with Gasteiger partial charge in [-0.2, -0.15) is 0 Å². The number of allylic oxidation sites excluding steroid dienone is 1. The Hall–Kier alpha value is -1.70.